The normalized spacial score (nSPS) is 13.8. The molecule has 1 aliphatic heterocycles. The minimum absolute atomic E-state index is 0.0336. The summed E-state index contributed by atoms with van der Waals surface area (Å²) < 4.78 is 2.14. The Morgan fingerprint density at radius 3 is 2.00 bits per heavy atom. The van der Waals surface area contributed by atoms with Crippen molar-refractivity contribution in [2.45, 2.75) is 31.7 Å². The van der Waals surface area contributed by atoms with E-state index in [0.29, 0.717) is 11.6 Å². The Morgan fingerprint density at radius 1 is 0.767 bits per heavy atom. The van der Waals surface area contributed by atoms with E-state index in [4.69, 9.17) is 11.6 Å². The van der Waals surface area contributed by atoms with Crippen molar-refractivity contribution in [1.29, 1.82) is 0 Å². The quantitative estimate of drug-likeness (QED) is 0.175. The van der Waals surface area contributed by atoms with Gasteiger partial charge in [0.05, 0.1) is 23.0 Å². The lowest BCUT2D eigenvalue weighted by Gasteiger charge is -2.40. The van der Waals surface area contributed by atoms with Crippen LogP contribution >= 0.6 is 11.6 Å². The Labute approximate surface area is 258 Å². The largest absolute Gasteiger partial charge is 0.333 e. The lowest BCUT2D eigenvalue weighted by Crippen LogP contribution is -2.48. The molecule has 0 radical (unpaired) electrons. The van der Waals surface area contributed by atoms with Crippen LogP contribution in [0.25, 0.3) is 5.69 Å². The zero-order valence-corrected chi connectivity index (χ0v) is 24.9. The van der Waals surface area contributed by atoms with Gasteiger partial charge in [-0.25, -0.2) is 0 Å². The van der Waals surface area contributed by atoms with Crippen molar-refractivity contribution >= 4 is 29.1 Å². The lowest BCUT2D eigenvalue weighted by atomic mass is 9.90. The van der Waals surface area contributed by atoms with Gasteiger partial charge in [-0.1, -0.05) is 110 Å². The molecule has 6 rings (SSSR count). The van der Waals surface area contributed by atoms with Crippen LogP contribution in [0, 0.1) is 0 Å². The number of amides is 2. The highest BCUT2D eigenvalue weighted by Crippen LogP contribution is 2.42. The Morgan fingerprint density at radius 2 is 1.37 bits per heavy atom. The molecule has 216 valence electrons. The number of para-hydroxylation sites is 2. The van der Waals surface area contributed by atoms with Gasteiger partial charge in [0, 0.05) is 17.8 Å². The molecule has 0 bridgehead atoms. The van der Waals surface area contributed by atoms with Crippen molar-refractivity contribution in [2.75, 3.05) is 18.0 Å². The number of hydrogen-bond donors (Lipinski definition) is 0. The monoisotopic (exact) mass is 587 g/mol. The van der Waals surface area contributed by atoms with Gasteiger partial charge in [0.15, 0.2) is 0 Å². The number of halogens is 1. The zero-order chi connectivity index (χ0) is 29.8. The molecule has 0 spiro atoms. The van der Waals surface area contributed by atoms with E-state index in [1.165, 1.54) is 0 Å². The summed E-state index contributed by atoms with van der Waals surface area (Å²) in [5, 5.41) is 0.637. The van der Waals surface area contributed by atoms with E-state index in [1.807, 2.05) is 126 Å². The van der Waals surface area contributed by atoms with Crippen LogP contribution in [-0.2, 0) is 9.59 Å². The molecule has 43 heavy (non-hydrogen) atoms. The molecule has 5 aromatic rings. The number of rotatable bonds is 9. The smallest absolute Gasteiger partial charge is 0.247 e. The number of aromatic nitrogens is 1. The van der Waals surface area contributed by atoms with Crippen LogP contribution in [0.1, 0.15) is 54.1 Å². The maximum atomic E-state index is 14.6. The van der Waals surface area contributed by atoms with Gasteiger partial charge in [0.1, 0.15) is 12.6 Å². The number of unbranched alkanes of at least 4 members (excludes halogenated alkanes) is 1. The van der Waals surface area contributed by atoms with Gasteiger partial charge in [-0.2, -0.15) is 0 Å². The van der Waals surface area contributed by atoms with Crippen LogP contribution in [0.4, 0.5) is 5.69 Å². The summed E-state index contributed by atoms with van der Waals surface area (Å²) in [4.78, 5) is 32.7. The highest BCUT2D eigenvalue weighted by molar-refractivity contribution is 6.30. The number of fused-ring (bicyclic) bond motifs is 3. The maximum absolute atomic E-state index is 14.6. The Kier molecular flexibility index (Phi) is 8.43. The first kappa shape index (κ1) is 28.5. The molecule has 0 N–H and O–H groups in total. The Hall–Kier alpha value is -4.61. The molecule has 1 unspecified atom stereocenters. The van der Waals surface area contributed by atoms with Crippen molar-refractivity contribution in [3.63, 3.8) is 0 Å². The summed E-state index contributed by atoms with van der Waals surface area (Å²) in [5.41, 5.74) is 5.48. The highest BCUT2D eigenvalue weighted by atomic mass is 35.5. The van der Waals surface area contributed by atoms with Crippen molar-refractivity contribution in [1.82, 2.24) is 9.47 Å². The fourth-order valence-corrected chi connectivity index (χ4v) is 6.16. The second kappa shape index (κ2) is 12.7. The SMILES string of the molecule is CCCCN(CC(=O)N1c2ccccc2-n2cccc2C1c1ccc(Cl)cc1)C(=O)C(c1ccccc1)c1ccccc1. The number of carbonyl (C=O) groups excluding carboxylic acids is 2. The second-order valence-electron chi connectivity index (χ2n) is 10.9. The first-order valence-electron chi connectivity index (χ1n) is 14.8. The third kappa shape index (κ3) is 5.73. The van der Waals surface area contributed by atoms with E-state index in [-0.39, 0.29) is 24.4 Å². The maximum Gasteiger partial charge on any atom is 0.247 e. The van der Waals surface area contributed by atoms with Crippen molar-refractivity contribution < 1.29 is 9.59 Å². The molecule has 0 fully saturated rings. The van der Waals surface area contributed by atoms with Gasteiger partial charge < -0.3 is 9.47 Å². The lowest BCUT2D eigenvalue weighted by molar-refractivity contribution is -0.136. The van der Waals surface area contributed by atoms with Crippen LogP contribution in [0.5, 0.6) is 0 Å². The van der Waals surface area contributed by atoms with Crippen LogP contribution in [0.3, 0.4) is 0 Å². The molecule has 4 aromatic carbocycles. The van der Waals surface area contributed by atoms with E-state index < -0.39 is 5.92 Å². The number of hydrogen-bond acceptors (Lipinski definition) is 2. The summed E-state index contributed by atoms with van der Waals surface area (Å²) in [6, 6.07) is 38.9. The number of anilines is 1. The van der Waals surface area contributed by atoms with Gasteiger partial charge >= 0.3 is 0 Å². The molecule has 2 amide bonds. The summed E-state index contributed by atoms with van der Waals surface area (Å²) in [6.45, 7) is 2.56. The first-order valence-corrected chi connectivity index (χ1v) is 15.2. The van der Waals surface area contributed by atoms with Crippen molar-refractivity contribution in [3.05, 3.63) is 155 Å². The van der Waals surface area contributed by atoms with E-state index in [1.54, 1.807) is 4.90 Å². The number of carbonyl (C=O) groups is 2. The summed E-state index contributed by atoms with van der Waals surface area (Å²) in [7, 11) is 0. The minimum Gasteiger partial charge on any atom is -0.333 e. The van der Waals surface area contributed by atoms with Gasteiger partial charge in [-0.15, -0.1) is 0 Å². The fourth-order valence-electron chi connectivity index (χ4n) is 6.03. The van der Waals surface area contributed by atoms with Crippen molar-refractivity contribution in [2.24, 2.45) is 0 Å². The third-order valence-electron chi connectivity index (χ3n) is 8.11. The van der Waals surface area contributed by atoms with E-state index in [2.05, 4.69) is 17.6 Å². The standard InChI is InChI=1S/C37H34ClN3O2/c1-2-3-24-39(37(43)35(27-13-6-4-7-14-27)28-15-8-5-9-16-28)26-34(42)41-32-18-11-10-17-31(32)40-25-12-19-33(40)36(41)29-20-22-30(38)23-21-29/h4-23,25,35-36H,2-3,24,26H2,1H3. The van der Waals surface area contributed by atoms with E-state index in [0.717, 1.165) is 46.6 Å². The topological polar surface area (TPSA) is 45.6 Å². The molecule has 0 aliphatic carbocycles. The molecule has 6 heteroatoms. The first-order chi connectivity index (χ1) is 21.1. The molecule has 2 heterocycles. The molecular weight excluding hydrogens is 554 g/mol. The van der Waals surface area contributed by atoms with Crippen LogP contribution < -0.4 is 4.90 Å². The predicted molar refractivity (Wildman–Crippen MR) is 173 cm³/mol. The second-order valence-corrected chi connectivity index (χ2v) is 11.3. The zero-order valence-electron chi connectivity index (χ0n) is 24.1. The summed E-state index contributed by atoms with van der Waals surface area (Å²) in [5.74, 6) is -0.718. The van der Waals surface area contributed by atoms with Gasteiger partial charge in [-0.3, -0.25) is 14.5 Å². The minimum atomic E-state index is -0.509. The molecular formula is C37H34ClN3O2. The Balaban J connectivity index is 1.40. The number of nitrogens with zero attached hydrogens (tertiary/aromatic N) is 3. The Bertz CT molecular complexity index is 1660. The molecule has 0 saturated carbocycles. The molecule has 0 saturated heterocycles. The molecule has 1 aromatic heterocycles. The van der Waals surface area contributed by atoms with Crippen LogP contribution in [-0.4, -0.2) is 34.4 Å². The highest BCUT2D eigenvalue weighted by Gasteiger charge is 2.38. The van der Waals surface area contributed by atoms with Crippen molar-refractivity contribution in [3.8, 4) is 5.69 Å². The predicted octanol–water partition coefficient (Wildman–Crippen LogP) is 8.03. The fraction of sp³-hybridized carbons (Fsp3) is 0.189. The summed E-state index contributed by atoms with van der Waals surface area (Å²) in [6.07, 6.45) is 3.74. The van der Waals surface area contributed by atoms with Gasteiger partial charge in [0.25, 0.3) is 0 Å². The van der Waals surface area contributed by atoms with Crippen LogP contribution in [0.15, 0.2) is 128 Å². The average molecular weight is 588 g/mol. The van der Waals surface area contributed by atoms with Gasteiger partial charge in [0.2, 0.25) is 11.8 Å². The van der Waals surface area contributed by atoms with Crippen LogP contribution in [0.2, 0.25) is 5.02 Å². The molecule has 1 aliphatic rings. The van der Waals surface area contributed by atoms with Gasteiger partial charge in [-0.05, 0) is 59.5 Å². The number of benzene rings is 4. The third-order valence-corrected chi connectivity index (χ3v) is 8.36. The molecule has 1 atom stereocenters. The molecule has 5 nitrogen and oxygen atoms in total. The summed E-state index contributed by atoms with van der Waals surface area (Å²) >= 11 is 6.26. The van der Waals surface area contributed by atoms with E-state index in [9.17, 15) is 9.59 Å². The van der Waals surface area contributed by atoms with E-state index >= 15 is 0 Å². The average Bonchev–Trinajstić information content (AvgIpc) is 3.54.